The van der Waals surface area contributed by atoms with Gasteiger partial charge in [0, 0.05) is 6.16 Å². The Hall–Kier alpha value is 0.150. The van der Waals surface area contributed by atoms with Crippen LogP contribution in [0.1, 0.15) is 71.1 Å². The first-order chi connectivity index (χ1) is 8.50. The molecule has 0 bridgehead atoms. The van der Waals surface area contributed by atoms with E-state index in [0.29, 0.717) is 6.16 Å². The summed E-state index contributed by atoms with van der Waals surface area (Å²) in [6.07, 6.45) is 13.7. The molecule has 0 fully saturated rings. The molecule has 0 aliphatic carbocycles. The van der Waals surface area contributed by atoms with E-state index in [2.05, 4.69) is 6.92 Å². The van der Waals surface area contributed by atoms with Crippen LogP contribution in [0.3, 0.4) is 0 Å². The van der Waals surface area contributed by atoms with Crippen molar-refractivity contribution in [3.05, 3.63) is 0 Å². The lowest BCUT2D eigenvalue weighted by Gasteiger charge is -2.19. The molecule has 0 aliphatic heterocycles. The van der Waals surface area contributed by atoms with E-state index in [9.17, 15) is 4.57 Å². The highest BCUT2D eigenvalue weighted by atomic mass is 31.2. The molecule has 0 saturated carbocycles. The zero-order chi connectivity index (χ0) is 13.9. The second-order valence-corrected chi connectivity index (χ2v) is 8.27. The van der Waals surface area contributed by atoms with Gasteiger partial charge in [0.2, 0.25) is 7.44 Å². The third-order valence-corrected chi connectivity index (χ3v) is 5.82. The van der Waals surface area contributed by atoms with Gasteiger partial charge in [-0.1, -0.05) is 64.7 Å². The molecule has 0 rings (SSSR count). The van der Waals surface area contributed by atoms with E-state index in [1.54, 1.807) is 18.8 Å². The predicted molar refractivity (Wildman–Crippen MR) is 82.2 cm³/mol. The minimum absolute atomic E-state index is 0.663. The first-order valence-corrected chi connectivity index (χ1v) is 9.47. The summed E-state index contributed by atoms with van der Waals surface area (Å²) in [6.45, 7) is 2.25. The van der Waals surface area contributed by atoms with Gasteiger partial charge in [0.1, 0.15) is 0 Å². The zero-order valence-electron chi connectivity index (χ0n) is 12.7. The monoisotopic (exact) mass is 276 g/mol. The Labute approximate surface area is 114 Å². The van der Waals surface area contributed by atoms with Crippen molar-refractivity contribution in [1.29, 1.82) is 0 Å². The maximum absolute atomic E-state index is 11.9. The topological polar surface area (TPSA) is 46.3 Å². The normalized spacial score (nSPS) is 14.9. The Kier molecular flexibility index (Phi) is 11.1. The van der Waals surface area contributed by atoms with E-state index in [1.807, 2.05) is 0 Å². The minimum atomic E-state index is -2.51. The smallest absolute Gasteiger partial charge is 0.210 e. The van der Waals surface area contributed by atoms with Crippen LogP contribution in [0, 0.1) is 0 Å². The van der Waals surface area contributed by atoms with Gasteiger partial charge in [-0.05, 0) is 20.5 Å². The van der Waals surface area contributed by atoms with Crippen LogP contribution in [0.25, 0.3) is 0 Å². The standard InChI is InChI=1S/C14H33N2OP/c1-4-5-6-7-8-9-10-11-12-13-14-18(15,17)16(2)3/h4-14H2,1-3H3,(H2,15,17). The lowest BCUT2D eigenvalue weighted by molar-refractivity contribution is 0.509. The van der Waals surface area contributed by atoms with Crippen LogP contribution in [0.15, 0.2) is 0 Å². The first-order valence-electron chi connectivity index (χ1n) is 7.56. The highest BCUT2D eigenvalue weighted by Crippen LogP contribution is 2.39. The van der Waals surface area contributed by atoms with E-state index < -0.39 is 7.44 Å². The Balaban J connectivity index is 3.24. The predicted octanol–water partition coefficient (Wildman–Crippen LogP) is 4.62. The average Bonchev–Trinajstić information content (AvgIpc) is 2.31. The SMILES string of the molecule is CCCCCCCCCCCCP(N)(=O)N(C)C. The lowest BCUT2D eigenvalue weighted by Crippen LogP contribution is -2.17. The molecule has 110 valence electrons. The minimum Gasteiger partial charge on any atom is -0.289 e. The Morgan fingerprint density at radius 2 is 1.22 bits per heavy atom. The van der Waals surface area contributed by atoms with Crippen LogP contribution in [0.4, 0.5) is 0 Å². The molecule has 0 aliphatic rings. The quantitative estimate of drug-likeness (QED) is 0.418. The van der Waals surface area contributed by atoms with E-state index >= 15 is 0 Å². The fraction of sp³-hybridized carbons (Fsp3) is 1.00. The molecule has 0 radical (unpaired) electrons. The first kappa shape index (κ1) is 18.1. The van der Waals surface area contributed by atoms with Gasteiger partial charge >= 0.3 is 0 Å². The highest BCUT2D eigenvalue weighted by molar-refractivity contribution is 7.58. The fourth-order valence-corrected chi connectivity index (χ4v) is 3.10. The van der Waals surface area contributed by atoms with Gasteiger partial charge in [-0.25, -0.2) is 4.67 Å². The van der Waals surface area contributed by atoms with Crippen molar-refractivity contribution in [2.75, 3.05) is 20.3 Å². The summed E-state index contributed by atoms with van der Waals surface area (Å²) in [5.41, 5.74) is 5.75. The van der Waals surface area contributed by atoms with E-state index in [-0.39, 0.29) is 0 Å². The molecule has 3 nitrogen and oxygen atoms in total. The molecule has 1 atom stereocenters. The van der Waals surface area contributed by atoms with Crippen LogP contribution in [0.5, 0.6) is 0 Å². The van der Waals surface area contributed by atoms with Crippen molar-refractivity contribution in [3.63, 3.8) is 0 Å². The highest BCUT2D eigenvalue weighted by Gasteiger charge is 2.17. The molecule has 4 heteroatoms. The summed E-state index contributed by atoms with van der Waals surface area (Å²) < 4.78 is 13.5. The largest absolute Gasteiger partial charge is 0.289 e. The van der Waals surface area contributed by atoms with E-state index in [0.717, 1.165) is 6.42 Å². The van der Waals surface area contributed by atoms with Gasteiger partial charge < -0.3 is 0 Å². The summed E-state index contributed by atoms with van der Waals surface area (Å²) in [7, 11) is 1.10. The number of unbranched alkanes of at least 4 members (excludes halogenated alkanes) is 9. The maximum atomic E-state index is 11.9. The summed E-state index contributed by atoms with van der Waals surface area (Å²) in [5.74, 6) is 0. The molecule has 18 heavy (non-hydrogen) atoms. The van der Waals surface area contributed by atoms with Gasteiger partial charge in [-0.15, -0.1) is 0 Å². The second kappa shape index (κ2) is 11.0. The summed E-state index contributed by atoms with van der Waals surface area (Å²) in [5, 5.41) is 0. The number of hydrogen-bond acceptors (Lipinski definition) is 1. The number of rotatable bonds is 12. The summed E-state index contributed by atoms with van der Waals surface area (Å²) in [6, 6.07) is 0. The second-order valence-electron chi connectivity index (χ2n) is 5.51. The average molecular weight is 276 g/mol. The van der Waals surface area contributed by atoms with Gasteiger partial charge in [-0.2, -0.15) is 0 Å². The number of hydrogen-bond donors (Lipinski definition) is 1. The number of nitrogens with two attached hydrogens (primary N) is 1. The number of nitrogens with zero attached hydrogens (tertiary/aromatic N) is 1. The van der Waals surface area contributed by atoms with E-state index in [4.69, 9.17) is 5.50 Å². The molecule has 0 aromatic carbocycles. The van der Waals surface area contributed by atoms with Crippen molar-refractivity contribution in [1.82, 2.24) is 4.67 Å². The Bertz CT molecular complexity index is 232. The molecule has 0 saturated heterocycles. The molecular formula is C14H33N2OP. The third-order valence-electron chi connectivity index (χ3n) is 3.51. The summed E-state index contributed by atoms with van der Waals surface area (Å²) >= 11 is 0. The van der Waals surface area contributed by atoms with Crippen LogP contribution >= 0.6 is 7.44 Å². The van der Waals surface area contributed by atoms with Crippen molar-refractivity contribution in [2.24, 2.45) is 5.50 Å². The lowest BCUT2D eigenvalue weighted by atomic mass is 10.1. The molecule has 0 aromatic heterocycles. The molecule has 0 aromatic rings. The van der Waals surface area contributed by atoms with Crippen molar-refractivity contribution < 1.29 is 4.57 Å². The van der Waals surface area contributed by atoms with Gasteiger partial charge in [0.15, 0.2) is 0 Å². The molecule has 0 heterocycles. The molecule has 0 spiro atoms. The van der Waals surface area contributed by atoms with Crippen LogP contribution in [0.2, 0.25) is 0 Å². The maximum Gasteiger partial charge on any atom is 0.210 e. The van der Waals surface area contributed by atoms with Crippen LogP contribution in [-0.2, 0) is 4.57 Å². The third kappa shape index (κ3) is 10.1. The Morgan fingerprint density at radius 1 is 0.833 bits per heavy atom. The molecular weight excluding hydrogens is 243 g/mol. The van der Waals surface area contributed by atoms with Crippen LogP contribution in [-0.4, -0.2) is 24.9 Å². The van der Waals surface area contributed by atoms with Gasteiger partial charge in [0.05, 0.1) is 0 Å². The van der Waals surface area contributed by atoms with Crippen LogP contribution < -0.4 is 5.50 Å². The molecule has 2 N–H and O–H groups in total. The van der Waals surface area contributed by atoms with Crippen molar-refractivity contribution in [3.8, 4) is 0 Å². The Morgan fingerprint density at radius 3 is 1.61 bits per heavy atom. The molecule has 0 amide bonds. The summed E-state index contributed by atoms with van der Waals surface area (Å²) in [4.78, 5) is 0. The van der Waals surface area contributed by atoms with Gasteiger partial charge in [0.25, 0.3) is 0 Å². The van der Waals surface area contributed by atoms with E-state index in [1.165, 1.54) is 57.8 Å². The zero-order valence-corrected chi connectivity index (χ0v) is 13.6. The van der Waals surface area contributed by atoms with Crippen molar-refractivity contribution >= 4 is 7.44 Å². The van der Waals surface area contributed by atoms with Crippen molar-refractivity contribution in [2.45, 2.75) is 71.1 Å². The fourth-order valence-electron chi connectivity index (χ4n) is 2.03. The van der Waals surface area contributed by atoms with Gasteiger partial charge in [-0.3, -0.25) is 10.1 Å². The molecule has 1 unspecified atom stereocenters.